The average molecular weight is 186 g/mol. The summed E-state index contributed by atoms with van der Waals surface area (Å²) in [6.07, 6.45) is -0.121. The minimum absolute atomic E-state index is 0.123. The van der Waals surface area contributed by atoms with Crippen LogP contribution in [0.5, 0.6) is 0 Å². The van der Waals surface area contributed by atoms with E-state index in [-0.39, 0.29) is 5.82 Å². The van der Waals surface area contributed by atoms with Crippen LogP contribution in [-0.4, -0.2) is 39.4 Å². The summed E-state index contributed by atoms with van der Waals surface area (Å²) < 4.78 is 4.24. The predicted molar refractivity (Wildman–Crippen MR) is 41.6 cm³/mol. The van der Waals surface area contributed by atoms with Crippen molar-refractivity contribution in [2.45, 2.75) is 12.2 Å². The number of hydrogen-bond donors (Lipinski definition) is 3. The average Bonchev–Trinajstić information content (AvgIpc) is 2.67. The minimum Gasteiger partial charge on any atom is -0.467 e. The number of aromatic amines is 1. The van der Waals surface area contributed by atoms with Gasteiger partial charge in [0.1, 0.15) is 11.9 Å². The predicted octanol–water partition coefficient (Wildman–Crippen LogP) is -1.02. The Morgan fingerprint density at radius 2 is 2.38 bits per heavy atom. The molecule has 0 saturated carbocycles. The van der Waals surface area contributed by atoms with Crippen molar-refractivity contribution in [1.29, 1.82) is 0 Å². The number of carbonyl (C=O) groups excluding carboxylic acids is 1. The topological polar surface area (TPSA) is 95.4 Å². The number of carbonyl (C=O) groups is 1. The monoisotopic (exact) mass is 186 g/mol. The van der Waals surface area contributed by atoms with Crippen LogP contribution in [0.15, 0.2) is 12.4 Å². The Morgan fingerprint density at radius 1 is 1.69 bits per heavy atom. The molecule has 1 aromatic rings. The lowest BCUT2D eigenvalue weighted by molar-refractivity contribution is -0.157. The van der Waals surface area contributed by atoms with E-state index < -0.39 is 18.2 Å². The van der Waals surface area contributed by atoms with Gasteiger partial charge in [-0.3, -0.25) is 0 Å². The van der Waals surface area contributed by atoms with Crippen LogP contribution in [0.2, 0.25) is 0 Å². The number of esters is 1. The van der Waals surface area contributed by atoms with Crippen LogP contribution >= 0.6 is 0 Å². The fraction of sp³-hybridized carbons (Fsp3) is 0.429. The first-order valence-electron chi connectivity index (χ1n) is 3.60. The van der Waals surface area contributed by atoms with Crippen LogP contribution in [0.4, 0.5) is 0 Å². The summed E-state index contributed by atoms with van der Waals surface area (Å²) in [4.78, 5) is 17.0. The zero-order valence-electron chi connectivity index (χ0n) is 6.97. The van der Waals surface area contributed by atoms with E-state index in [1.54, 1.807) is 0 Å². The highest BCUT2D eigenvalue weighted by Crippen LogP contribution is 2.12. The molecule has 0 aliphatic heterocycles. The van der Waals surface area contributed by atoms with Crippen molar-refractivity contribution >= 4 is 5.97 Å². The van der Waals surface area contributed by atoms with Gasteiger partial charge in [-0.15, -0.1) is 0 Å². The summed E-state index contributed by atoms with van der Waals surface area (Å²) in [5, 5.41) is 18.5. The van der Waals surface area contributed by atoms with Crippen molar-refractivity contribution in [1.82, 2.24) is 9.97 Å². The van der Waals surface area contributed by atoms with Gasteiger partial charge in [-0.2, -0.15) is 0 Å². The van der Waals surface area contributed by atoms with E-state index >= 15 is 0 Å². The first-order chi connectivity index (χ1) is 6.16. The van der Waals surface area contributed by atoms with Crippen LogP contribution in [0.1, 0.15) is 11.9 Å². The van der Waals surface area contributed by atoms with Crippen LogP contribution in [-0.2, 0) is 9.53 Å². The Kier molecular flexibility index (Phi) is 2.99. The number of aromatic nitrogens is 2. The number of aliphatic hydroxyl groups is 2. The normalized spacial score (nSPS) is 15.0. The van der Waals surface area contributed by atoms with Crippen LogP contribution < -0.4 is 0 Å². The van der Waals surface area contributed by atoms with Crippen molar-refractivity contribution in [3.63, 3.8) is 0 Å². The van der Waals surface area contributed by atoms with Gasteiger partial charge in [0.25, 0.3) is 0 Å². The number of rotatable bonds is 3. The van der Waals surface area contributed by atoms with Crippen LogP contribution in [0, 0.1) is 0 Å². The molecule has 1 rings (SSSR count). The number of ether oxygens (including phenoxy) is 1. The van der Waals surface area contributed by atoms with Gasteiger partial charge in [-0.1, -0.05) is 0 Å². The minimum atomic E-state index is -1.61. The van der Waals surface area contributed by atoms with E-state index in [1.807, 2.05) is 0 Å². The maximum atomic E-state index is 10.8. The van der Waals surface area contributed by atoms with Gasteiger partial charge in [0, 0.05) is 12.4 Å². The summed E-state index contributed by atoms with van der Waals surface area (Å²) >= 11 is 0. The van der Waals surface area contributed by atoms with Gasteiger partial charge in [-0.25, -0.2) is 9.78 Å². The van der Waals surface area contributed by atoms with Gasteiger partial charge in [-0.05, 0) is 0 Å². The molecule has 0 spiro atoms. The quantitative estimate of drug-likeness (QED) is 0.525. The lowest BCUT2D eigenvalue weighted by Crippen LogP contribution is -2.29. The molecule has 1 aromatic heterocycles. The summed E-state index contributed by atoms with van der Waals surface area (Å²) in [5.41, 5.74) is 0. The third kappa shape index (κ3) is 2.04. The summed E-state index contributed by atoms with van der Waals surface area (Å²) in [5.74, 6) is -0.776. The number of methoxy groups -OCH3 is 1. The summed E-state index contributed by atoms with van der Waals surface area (Å²) in [6, 6.07) is 0. The standard InChI is InChI=1S/C7H10N2O4/c1-13-7(12)5(11)4(10)6-8-2-3-9-6/h2-5,10-11H,1H3,(H,8,9). The van der Waals surface area contributed by atoms with E-state index in [0.717, 1.165) is 7.11 Å². The summed E-state index contributed by atoms with van der Waals surface area (Å²) in [6.45, 7) is 0. The largest absolute Gasteiger partial charge is 0.467 e. The highest BCUT2D eigenvalue weighted by molar-refractivity contribution is 5.74. The van der Waals surface area contributed by atoms with E-state index in [2.05, 4.69) is 14.7 Å². The maximum absolute atomic E-state index is 10.8. The highest BCUT2D eigenvalue weighted by atomic mass is 16.5. The molecular weight excluding hydrogens is 176 g/mol. The third-order valence-corrected chi connectivity index (χ3v) is 1.54. The molecule has 0 aliphatic rings. The fourth-order valence-corrected chi connectivity index (χ4v) is 0.838. The molecule has 2 atom stereocenters. The number of aliphatic hydroxyl groups excluding tert-OH is 2. The molecule has 0 aliphatic carbocycles. The Labute approximate surface area is 74.2 Å². The second-order valence-electron chi connectivity index (χ2n) is 2.39. The van der Waals surface area contributed by atoms with Crippen molar-refractivity contribution in [3.05, 3.63) is 18.2 Å². The third-order valence-electron chi connectivity index (χ3n) is 1.54. The van der Waals surface area contributed by atoms with Gasteiger partial charge in [0.15, 0.2) is 6.10 Å². The van der Waals surface area contributed by atoms with Gasteiger partial charge < -0.3 is 19.9 Å². The molecule has 0 fully saturated rings. The second kappa shape index (κ2) is 4.01. The molecule has 6 nitrogen and oxygen atoms in total. The zero-order chi connectivity index (χ0) is 9.84. The first kappa shape index (κ1) is 9.69. The Hall–Kier alpha value is -1.40. The molecule has 2 unspecified atom stereocenters. The number of H-pyrrole nitrogens is 1. The molecule has 0 radical (unpaired) electrons. The van der Waals surface area contributed by atoms with E-state index in [4.69, 9.17) is 0 Å². The molecule has 13 heavy (non-hydrogen) atoms. The smallest absolute Gasteiger partial charge is 0.337 e. The molecule has 3 N–H and O–H groups in total. The van der Waals surface area contributed by atoms with Gasteiger partial charge >= 0.3 is 5.97 Å². The Balaban J connectivity index is 2.68. The Bertz CT molecular complexity index is 272. The number of imidazole rings is 1. The van der Waals surface area contributed by atoms with Crippen molar-refractivity contribution in [2.75, 3.05) is 7.11 Å². The van der Waals surface area contributed by atoms with Crippen LogP contribution in [0.25, 0.3) is 0 Å². The van der Waals surface area contributed by atoms with Crippen molar-refractivity contribution < 1.29 is 19.7 Å². The molecule has 0 bridgehead atoms. The molecule has 6 heteroatoms. The SMILES string of the molecule is COC(=O)C(O)C(O)c1ncc[nH]1. The van der Waals surface area contributed by atoms with E-state index in [0.29, 0.717) is 0 Å². The maximum Gasteiger partial charge on any atom is 0.337 e. The van der Waals surface area contributed by atoms with Crippen molar-refractivity contribution in [3.8, 4) is 0 Å². The van der Waals surface area contributed by atoms with Gasteiger partial charge in [0.05, 0.1) is 7.11 Å². The molecule has 0 aromatic carbocycles. The number of nitrogens with zero attached hydrogens (tertiary/aromatic N) is 1. The lowest BCUT2D eigenvalue weighted by atomic mass is 10.2. The van der Waals surface area contributed by atoms with E-state index in [9.17, 15) is 15.0 Å². The number of nitrogens with one attached hydrogen (secondary N) is 1. The zero-order valence-corrected chi connectivity index (χ0v) is 6.97. The van der Waals surface area contributed by atoms with Crippen LogP contribution in [0.3, 0.4) is 0 Å². The molecular formula is C7H10N2O4. The molecule has 72 valence electrons. The lowest BCUT2D eigenvalue weighted by Gasteiger charge is -2.12. The fourth-order valence-electron chi connectivity index (χ4n) is 0.838. The summed E-state index contributed by atoms with van der Waals surface area (Å²) in [7, 11) is 1.13. The Morgan fingerprint density at radius 3 is 2.85 bits per heavy atom. The van der Waals surface area contributed by atoms with Crippen molar-refractivity contribution in [2.24, 2.45) is 0 Å². The van der Waals surface area contributed by atoms with E-state index in [1.165, 1.54) is 12.4 Å². The molecule has 1 heterocycles. The molecule has 0 amide bonds. The number of hydrogen-bond acceptors (Lipinski definition) is 5. The highest BCUT2D eigenvalue weighted by Gasteiger charge is 2.27. The second-order valence-corrected chi connectivity index (χ2v) is 2.39. The molecule has 0 saturated heterocycles. The first-order valence-corrected chi connectivity index (χ1v) is 3.60. The van der Waals surface area contributed by atoms with Gasteiger partial charge in [0.2, 0.25) is 0 Å².